The van der Waals surface area contributed by atoms with Crippen LogP contribution in [0.15, 0.2) is 59.6 Å². The fourth-order valence-corrected chi connectivity index (χ4v) is 3.64. The number of rotatable bonds is 7. The largest absolute Gasteiger partial charge is 0.491 e. The average Bonchev–Trinajstić information content (AvgIpc) is 2.69. The lowest BCUT2D eigenvalue weighted by molar-refractivity contribution is 0.0209. The van der Waals surface area contributed by atoms with Gasteiger partial charge in [-0.1, -0.05) is 36.8 Å². The van der Waals surface area contributed by atoms with Gasteiger partial charge in [-0.2, -0.15) is 0 Å². The van der Waals surface area contributed by atoms with Crippen LogP contribution in [0.4, 0.5) is 5.69 Å². The number of likely N-dealkylation sites (tertiary alicyclic amines) is 1. The maximum atomic E-state index is 10.4. The van der Waals surface area contributed by atoms with Crippen molar-refractivity contribution < 1.29 is 9.84 Å². The summed E-state index contributed by atoms with van der Waals surface area (Å²) < 4.78 is 5.77. The van der Waals surface area contributed by atoms with Crippen LogP contribution in [0.5, 0.6) is 5.75 Å². The molecule has 0 amide bonds. The molecule has 0 unspecified atom stereocenters. The number of piperidine rings is 1. The number of aliphatic hydroxyl groups is 1. The molecule has 1 aliphatic heterocycles. The summed E-state index contributed by atoms with van der Waals surface area (Å²) in [5.74, 6) is 0.757. The molecule has 1 heterocycles. The summed E-state index contributed by atoms with van der Waals surface area (Å²) in [6.45, 7) is 5.47. The Hall–Kier alpha value is -2.17. The van der Waals surface area contributed by atoms with Crippen LogP contribution < -0.4 is 4.74 Å². The van der Waals surface area contributed by atoms with Gasteiger partial charge in [0, 0.05) is 24.8 Å². The van der Waals surface area contributed by atoms with Gasteiger partial charge in [-0.3, -0.25) is 9.89 Å². The third-order valence-corrected chi connectivity index (χ3v) is 5.24. The van der Waals surface area contributed by atoms with E-state index in [1.807, 2.05) is 60.8 Å². The zero-order valence-electron chi connectivity index (χ0n) is 16.3. The fraction of sp³-hybridized carbons (Fsp3) is 0.435. The predicted octanol–water partition coefficient (Wildman–Crippen LogP) is 4.44. The van der Waals surface area contributed by atoms with Crippen molar-refractivity contribution in [1.29, 1.82) is 0 Å². The molecule has 0 aliphatic carbocycles. The Morgan fingerprint density at radius 1 is 1.07 bits per heavy atom. The zero-order valence-corrected chi connectivity index (χ0v) is 16.3. The molecule has 3 rings (SSSR count). The number of benzene rings is 2. The highest BCUT2D eigenvalue weighted by atomic mass is 16.5. The minimum absolute atomic E-state index is 0.308. The van der Waals surface area contributed by atoms with E-state index in [0.29, 0.717) is 25.2 Å². The highest BCUT2D eigenvalue weighted by Gasteiger charge is 2.26. The summed E-state index contributed by atoms with van der Waals surface area (Å²) in [5.41, 5.74) is 1.95. The maximum absolute atomic E-state index is 10.4. The van der Waals surface area contributed by atoms with Gasteiger partial charge in [0.25, 0.3) is 0 Å². The number of aliphatic hydroxyl groups excluding tert-OH is 1. The van der Waals surface area contributed by atoms with Gasteiger partial charge in [0.2, 0.25) is 0 Å². The molecule has 144 valence electrons. The van der Waals surface area contributed by atoms with E-state index < -0.39 is 6.10 Å². The maximum Gasteiger partial charge on any atom is 0.119 e. The lowest BCUT2D eigenvalue weighted by Crippen LogP contribution is -2.48. The van der Waals surface area contributed by atoms with Crippen LogP contribution in [0.25, 0.3) is 0 Å². The van der Waals surface area contributed by atoms with Crippen molar-refractivity contribution in [1.82, 2.24) is 4.90 Å². The van der Waals surface area contributed by atoms with Crippen LogP contribution in [-0.2, 0) is 0 Å². The second-order valence-electron chi connectivity index (χ2n) is 7.45. The highest BCUT2D eigenvalue weighted by Crippen LogP contribution is 2.23. The van der Waals surface area contributed by atoms with E-state index in [4.69, 9.17) is 4.74 Å². The molecule has 3 atom stereocenters. The molecule has 1 N–H and O–H groups in total. The van der Waals surface area contributed by atoms with Crippen molar-refractivity contribution in [3.8, 4) is 5.75 Å². The first-order valence-corrected chi connectivity index (χ1v) is 9.87. The summed E-state index contributed by atoms with van der Waals surface area (Å²) in [4.78, 5) is 6.87. The molecule has 0 saturated carbocycles. The number of ether oxygens (including phenoxy) is 1. The minimum Gasteiger partial charge on any atom is -0.491 e. The van der Waals surface area contributed by atoms with Crippen molar-refractivity contribution in [2.24, 2.45) is 4.99 Å². The van der Waals surface area contributed by atoms with E-state index in [9.17, 15) is 5.11 Å². The molecule has 0 radical (unpaired) electrons. The van der Waals surface area contributed by atoms with Crippen molar-refractivity contribution in [2.75, 3.05) is 13.2 Å². The summed E-state index contributed by atoms with van der Waals surface area (Å²) in [6, 6.07) is 18.7. The predicted molar refractivity (Wildman–Crippen MR) is 111 cm³/mol. The Labute approximate surface area is 162 Å². The average molecular weight is 367 g/mol. The van der Waals surface area contributed by atoms with Gasteiger partial charge >= 0.3 is 0 Å². The molecular formula is C23H30N2O2. The van der Waals surface area contributed by atoms with E-state index in [1.165, 1.54) is 19.3 Å². The Bertz CT molecular complexity index is 705. The van der Waals surface area contributed by atoms with Gasteiger partial charge in [-0.05, 0) is 56.5 Å². The van der Waals surface area contributed by atoms with Gasteiger partial charge in [-0.25, -0.2) is 0 Å². The van der Waals surface area contributed by atoms with Gasteiger partial charge in [0.1, 0.15) is 18.5 Å². The van der Waals surface area contributed by atoms with E-state index in [-0.39, 0.29) is 0 Å². The standard InChI is InChI=1S/C23H30N2O2/c1-18-7-6-8-19(2)25(18)16-22(26)17-27-23-13-11-21(12-14-23)24-15-20-9-4-3-5-10-20/h3-5,9-15,18-19,22,26H,6-8,16-17H2,1-2H3/t18-,19-,22-/m0/s1. The second kappa shape index (κ2) is 9.67. The van der Waals surface area contributed by atoms with E-state index >= 15 is 0 Å². The van der Waals surface area contributed by atoms with Crippen LogP contribution in [-0.4, -0.2) is 47.6 Å². The first-order chi connectivity index (χ1) is 13.1. The molecule has 4 nitrogen and oxygen atoms in total. The molecule has 0 spiro atoms. The molecule has 2 aromatic rings. The van der Waals surface area contributed by atoms with Crippen LogP contribution in [0.1, 0.15) is 38.7 Å². The molecule has 1 fully saturated rings. The summed E-state index contributed by atoms with van der Waals surface area (Å²) in [6.07, 6.45) is 5.07. The molecule has 27 heavy (non-hydrogen) atoms. The summed E-state index contributed by atoms with van der Waals surface area (Å²) >= 11 is 0. The number of β-amino-alcohol motifs (C(OH)–C–C–N with tert-alkyl or cyclic N) is 1. The van der Waals surface area contributed by atoms with Gasteiger partial charge in [0.15, 0.2) is 0 Å². The highest BCUT2D eigenvalue weighted by molar-refractivity contribution is 5.81. The number of hydrogen-bond acceptors (Lipinski definition) is 4. The van der Waals surface area contributed by atoms with Crippen molar-refractivity contribution in [3.05, 3.63) is 60.2 Å². The van der Waals surface area contributed by atoms with Crippen LogP contribution in [0.2, 0.25) is 0 Å². The van der Waals surface area contributed by atoms with Gasteiger partial charge in [0.05, 0.1) is 5.69 Å². The molecule has 2 aromatic carbocycles. The molecule has 1 saturated heterocycles. The normalized spacial score (nSPS) is 22.0. The first kappa shape index (κ1) is 19.6. The molecule has 0 bridgehead atoms. The molecule has 1 aliphatic rings. The Morgan fingerprint density at radius 3 is 2.41 bits per heavy atom. The number of nitrogens with zero attached hydrogens (tertiary/aromatic N) is 2. The Balaban J connectivity index is 1.47. The number of aliphatic imine (C=N–C) groups is 1. The van der Waals surface area contributed by atoms with Crippen molar-refractivity contribution >= 4 is 11.9 Å². The van der Waals surface area contributed by atoms with E-state index in [2.05, 4.69) is 23.7 Å². The molecule has 4 heteroatoms. The van der Waals surface area contributed by atoms with Crippen molar-refractivity contribution in [3.63, 3.8) is 0 Å². The second-order valence-corrected chi connectivity index (χ2v) is 7.45. The minimum atomic E-state index is -0.483. The van der Waals surface area contributed by atoms with E-state index in [1.54, 1.807) is 0 Å². The summed E-state index contributed by atoms with van der Waals surface area (Å²) in [7, 11) is 0. The van der Waals surface area contributed by atoms with Crippen LogP contribution in [0.3, 0.4) is 0 Å². The van der Waals surface area contributed by atoms with Gasteiger partial charge in [-0.15, -0.1) is 0 Å². The van der Waals surface area contributed by atoms with Crippen LogP contribution >= 0.6 is 0 Å². The Kier molecular flexibility index (Phi) is 7.02. The first-order valence-electron chi connectivity index (χ1n) is 9.87. The third-order valence-electron chi connectivity index (χ3n) is 5.24. The third kappa shape index (κ3) is 5.91. The van der Waals surface area contributed by atoms with Crippen LogP contribution in [0, 0.1) is 0 Å². The smallest absolute Gasteiger partial charge is 0.119 e. The lowest BCUT2D eigenvalue weighted by Gasteiger charge is -2.40. The zero-order chi connectivity index (χ0) is 19.1. The Morgan fingerprint density at radius 2 is 1.74 bits per heavy atom. The van der Waals surface area contributed by atoms with Gasteiger partial charge < -0.3 is 9.84 Å². The monoisotopic (exact) mass is 366 g/mol. The lowest BCUT2D eigenvalue weighted by atomic mass is 9.97. The fourth-order valence-electron chi connectivity index (χ4n) is 3.64. The topological polar surface area (TPSA) is 45.1 Å². The van der Waals surface area contributed by atoms with Crippen molar-refractivity contribution in [2.45, 2.75) is 51.3 Å². The molecular weight excluding hydrogens is 336 g/mol. The number of hydrogen-bond donors (Lipinski definition) is 1. The molecule has 0 aromatic heterocycles. The summed E-state index contributed by atoms with van der Waals surface area (Å²) in [5, 5.41) is 10.4. The SMILES string of the molecule is C[C@H]1CCC[C@H](C)N1C[C@H](O)COc1ccc(N=Cc2ccccc2)cc1. The quantitative estimate of drug-likeness (QED) is 0.737. The van der Waals surface area contributed by atoms with E-state index in [0.717, 1.165) is 17.0 Å².